The van der Waals surface area contributed by atoms with E-state index in [1.54, 1.807) is 0 Å². The number of carboxylic acids is 1. The Bertz CT molecular complexity index is 186. The quantitative estimate of drug-likeness (QED) is 0.522. The first kappa shape index (κ1) is 11.9. The van der Waals surface area contributed by atoms with E-state index in [9.17, 15) is 9.59 Å². The number of amides is 1. The molecular formula is C8H16N2O3. The molecule has 1 aliphatic rings. The highest BCUT2D eigenvalue weighted by Gasteiger charge is 2.12. The number of hydrogen-bond donors (Lipinski definition) is 3. The van der Waals surface area contributed by atoms with E-state index in [0.717, 1.165) is 0 Å². The third-order valence-corrected chi connectivity index (χ3v) is 1.36. The van der Waals surface area contributed by atoms with E-state index in [0.29, 0.717) is 18.9 Å². The molecule has 76 valence electrons. The van der Waals surface area contributed by atoms with E-state index in [1.807, 2.05) is 13.8 Å². The fourth-order valence-corrected chi connectivity index (χ4v) is 0.645. The smallest absolute Gasteiger partial charge is 0.320 e. The van der Waals surface area contributed by atoms with Crippen molar-refractivity contribution in [1.29, 1.82) is 0 Å². The van der Waals surface area contributed by atoms with Crippen molar-refractivity contribution >= 4 is 11.9 Å². The van der Waals surface area contributed by atoms with Crippen molar-refractivity contribution in [3.05, 3.63) is 0 Å². The van der Waals surface area contributed by atoms with E-state index in [4.69, 9.17) is 10.8 Å². The zero-order chi connectivity index (χ0) is 10.4. The van der Waals surface area contributed by atoms with Crippen LogP contribution in [0.2, 0.25) is 0 Å². The molecule has 0 bridgehead atoms. The van der Waals surface area contributed by atoms with E-state index in [1.165, 1.54) is 0 Å². The van der Waals surface area contributed by atoms with Gasteiger partial charge in [-0.2, -0.15) is 0 Å². The second kappa shape index (κ2) is 5.53. The molecule has 1 rings (SSSR count). The maximum atomic E-state index is 10.1. The van der Waals surface area contributed by atoms with Crippen molar-refractivity contribution < 1.29 is 14.7 Å². The highest BCUT2D eigenvalue weighted by molar-refractivity contribution is 5.91. The number of carboxylic acid groups (broad SMARTS) is 1. The van der Waals surface area contributed by atoms with Crippen LogP contribution in [-0.2, 0) is 9.59 Å². The van der Waals surface area contributed by atoms with E-state index in [2.05, 4.69) is 5.32 Å². The molecule has 0 radical (unpaired) electrons. The third kappa shape index (κ3) is 8.81. The predicted molar refractivity (Wildman–Crippen MR) is 48.1 cm³/mol. The molecule has 0 unspecified atom stereocenters. The molecule has 13 heavy (non-hydrogen) atoms. The molecule has 1 heterocycles. The Hall–Kier alpha value is -1.10. The average molecular weight is 188 g/mol. The van der Waals surface area contributed by atoms with Gasteiger partial charge in [0.05, 0.1) is 6.54 Å². The van der Waals surface area contributed by atoms with Crippen LogP contribution < -0.4 is 11.1 Å². The van der Waals surface area contributed by atoms with Crippen molar-refractivity contribution in [3.63, 3.8) is 0 Å². The van der Waals surface area contributed by atoms with Crippen LogP contribution in [0.15, 0.2) is 0 Å². The number of aliphatic carboxylic acids is 1. The molecular weight excluding hydrogens is 172 g/mol. The van der Waals surface area contributed by atoms with Crippen LogP contribution in [0.5, 0.6) is 0 Å². The molecule has 1 fully saturated rings. The van der Waals surface area contributed by atoms with Crippen LogP contribution in [-0.4, -0.2) is 29.6 Å². The molecule has 5 nitrogen and oxygen atoms in total. The molecule has 4 N–H and O–H groups in total. The van der Waals surface area contributed by atoms with Gasteiger partial charge in [0.2, 0.25) is 5.91 Å². The summed E-state index contributed by atoms with van der Waals surface area (Å²) in [5, 5.41) is 10.8. The molecule has 1 aliphatic heterocycles. The van der Waals surface area contributed by atoms with Crippen LogP contribution in [0.25, 0.3) is 0 Å². The maximum absolute atomic E-state index is 10.1. The van der Waals surface area contributed by atoms with Crippen molar-refractivity contribution in [2.24, 2.45) is 11.7 Å². The summed E-state index contributed by atoms with van der Waals surface area (Å²) in [7, 11) is 0. The first-order valence-corrected chi connectivity index (χ1v) is 4.18. The van der Waals surface area contributed by atoms with Gasteiger partial charge in [0.1, 0.15) is 6.04 Å². The third-order valence-electron chi connectivity index (χ3n) is 1.36. The lowest BCUT2D eigenvalue weighted by Crippen LogP contribution is -2.31. The van der Waals surface area contributed by atoms with Crippen LogP contribution in [0, 0.1) is 5.92 Å². The summed E-state index contributed by atoms with van der Waals surface area (Å²) in [4.78, 5) is 19.6. The topological polar surface area (TPSA) is 102 Å². The Balaban J connectivity index is 0.000000293. The Morgan fingerprint density at radius 2 is 2.08 bits per heavy atom. The summed E-state index contributed by atoms with van der Waals surface area (Å²) >= 11 is 0. The first-order valence-electron chi connectivity index (χ1n) is 4.18. The number of nitrogens with two attached hydrogens (primary N) is 1. The van der Waals surface area contributed by atoms with Crippen LogP contribution in [0.3, 0.4) is 0 Å². The normalized spacial score (nSPS) is 15.5. The summed E-state index contributed by atoms with van der Waals surface area (Å²) in [6.45, 7) is 4.49. The molecule has 0 spiro atoms. The summed E-state index contributed by atoms with van der Waals surface area (Å²) in [6, 6.07) is -0.690. The monoisotopic (exact) mass is 188 g/mol. The van der Waals surface area contributed by atoms with Gasteiger partial charge in [0.15, 0.2) is 0 Å². The van der Waals surface area contributed by atoms with E-state index in [-0.39, 0.29) is 5.91 Å². The largest absolute Gasteiger partial charge is 0.480 e. The zero-order valence-electron chi connectivity index (χ0n) is 7.91. The number of carbonyl (C=O) groups is 2. The number of hydrogen-bond acceptors (Lipinski definition) is 3. The molecule has 0 aromatic rings. The van der Waals surface area contributed by atoms with Gasteiger partial charge in [-0.25, -0.2) is 0 Å². The van der Waals surface area contributed by atoms with Crippen molar-refractivity contribution in [3.8, 4) is 0 Å². The molecule has 1 atom stereocenters. The summed E-state index contributed by atoms with van der Waals surface area (Å²) < 4.78 is 0. The molecule has 0 saturated carbocycles. The lowest BCUT2D eigenvalue weighted by atomic mass is 10.1. The molecule has 5 heteroatoms. The summed E-state index contributed by atoms with van der Waals surface area (Å²) in [5.41, 5.74) is 5.22. The lowest BCUT2D eigenvalue weighted by molar-refractivity contribution is -0.138. The minimum absolute atomic E-state index is 0.167. The fourth-order valence-electron chi connectivity index (χ4n) is 0.645. The van der Waals surface area contributed by atoms with Gasteiger partial charge in [0.25, 0.3) is 0 Å². The van der Waals surface area contributed by atoms with Gasteiger partial charge < -0.3 is 16.2 Å². The Morgan fingerprint density at radius 3 is 2.15 bits per heavy atom. The molecule has 0 aliphatic carbocycles. The predicted octanol–water partition coefficient (Wildman–Crippen LogP) is -0.439. The fraction of sp³-hybridized carbons (Fsp3) is 0.750. The summed E-state index contributed by atoms with van der Waals surface area (Å²) in [5.74, 6) is -0.389. The van der Waals surface area contributed by atoms with Gasteiger partial charge in [-0.3, -0.25) is 9.59 Å². The second-order valence-corrected chi connectivity index (χ2v) is 3.35. The highest BCUT2D eigenvalue weighted by Crippen LogP contribution is 2.01. The number of carbonyl (C=O) groups excluding carboxylic acids is 1. The highest BCUT2D eigenvalue weighted by atomic mass is 16.4. The summed E-state index contributed by atoms with van der Waals surface area (Å²) in [6.07, 6.45) is 0.551. The van der Waals surface area contributed by atoms with Crippen LogP contribution >= 0.6 is 0 Å². The van der Waals surface area contributed by atoms with Gasteiger partial charge in [-0.05, 0) is 12.3 Å². The van der Waals surface area contributed by atoms with E-state index >= 15 is 0 Å². The van der Waals surface area contributed by atoms with Crippen molar-refractivity contribution in [1.82, 2.24) is 5.32 Å². The van der Waals surface area contributed by atoms with Gasteiger partial charge in [-0.1, -0.05) is 13.8 Å². The van der Waals surface area contributed by atoms with Gasteiger partial charge >= 0.3 is 5.97 Å². The molecule has 1 amide bonds. The minimum atomic E-state index is -0.913. The Kier molecular flexibility index (Phi) is 5.06. The molecule has 0 aromatic carbocycles. The van der Waals surface area contributed by atoms with E-state index < -0.39 is 12.0 Å². The maximum Gasteiger partial charge on any atom is 0.320 e. The van der Waals surface area contributed by atoms with Crippen molar-refractivity contribution in [2.75, 3.05) is 6.54 Å². The first-order chi connectivity index (χ1) is 5.93. The number of nitrogens with one attached hydrogen (secondary N) is 1. The molecule has 0 aromatic heterocycles. The molecule has 1 saturated heterocycles. The Morgan fingerprint density at radius 1 is 1.69 bits per heavy atom. The zero-order valence-corrected chi connectivity index (χ0v) is 7.91. The van der Waals surface area contributed by atoms with Crippen LogP contribution in [0.4, 0.5) is 0 Å². The SMILES string of the molecule is CC(C)C[C@H](N)C(=O)O.O=C1CN1. The lowest BCUT2D eigenvalue weighted by Gasteiger charge is -2.07. The van der Waals surface area contributed by atoms with Crippen molar-refractivity contribution in [2.45, 2.75) is 26.3 Å². The second-order valence-electron chi connectivity index (χ2n) is 3.35. The standard InChI is InChI=1S/C6H13NO2.C2H3NO/c1-4(2)3-5(7)6(8)9;4-2-1-3-2/h4-5H,3,7H2,1-2H3,(H,8,9);1H2,(H,3,4)/t5-;/m0./s1. The minimum Gasteiger partial charge on any atom is -0.480 e. The van der Waals surface area contributed by atoms with Gasteiger partial charge in [-0.15, -0.1) is 0 Å². The Labute approximate surface area is 77.3 Å². The van der Waals surface area contributed by atoms with Crippen LogP contribution in [0.1, 0.15) is 20.3 Å². The number of rotatable bonds is 3. The van der Waals surface area contributed by atoms with Gasteiger partial charge in [0, 0.05) is 0 Å². The average Bonchev–Trinajstić information content (AvgIpc) is 2.71.